The highest BCUT2D eigenvalue weighted by Crippen LogP contribution is 2.24. The molecule has 0 spiro atoms. The van der Waals surface area contributed by atoms with Crippen molar-refractivity contribution in [3.05, 3.63) is 0 Å². The van der Waals surface area contributed by atoms with E-state index in [1.54, 1.807) is 0 Å². The fourth-order valence-corrected chi connectivity index (χ4v) is 3.22. The molecule has 1 N–H and O–H groups in total. The molecule has 17 heavy (non-hydrogen) atoms. The van der Waals surface area contributed by atoms with Crippen molar-refractivity contribution >= 4 is 5.91 Å². The van der Waals surface area contributed by atoms with Crippen LogP contribution in [0.5, 0.6) is 0 Å². The third kappa shape index (κ3) is 3.70. The third-order valence-electron chi connectivity index (χ3n) is 4.28. The van der Waals surface area contributed by atoms with Crippen molar-refractivity contribution in [1.29, 1.82) is 0 Å². The van der Waals surface area contributed by atoms with Crippen molar-refractivity contribution in [3.63, 3.8) is 0 Å². The molecule has 0 aromatic rings. The number of carbonyl (C=O) groups is 1. The van der Waals surface area contributed by atoms with E-state index in [-0.39, 0.29) is 5.92 Å². The predicted molar refractivity (Wildman–Crippen MR) is 69.8 cm³/mol. The topological polar surface area (TPSA) is 32.3 Å². The first-order valence-electron chi connectivity index (χ1n) is 7.23. The molecule has 1 saturated carbocycles. The van der Waals surface area contributed by atoms with E-state index >= 15 is 0 Å². The van der Waals surface area contributed by atoms with Gasteiger partial charge in [0.15, 0.2) is 0 Å². The fourth-order valence-electron chi connectivity index (χ4n) is 3.22. The minimum Gasteiger partial charge on any atom is -0.345 e. The molecule has 0 aromatic heterocycles. The summed E-state index contributed by atoms with van der Waals surface area (Å²) in [6.07, 6.45) is 8.96. The number of hydrogen-bond donors (Lipinski definition) is 1. The third-order valence-corrected chi connectivity index (χ3v) is 4.28. The van der Waals surface area contributed by atoms with E-state index in [2.05, 4.69) is 5.32 Å². The van der Waals surface area contributed by atoms with Crippen LogP contribution < -0.4 is 5.32 Å². The SMILES string of the molecule is CN(CC1CCCCC1)C(=O)C1CCCNC1. The standard InChI is InChI=1S/C14H26N2O/c1-16(11-12-6-3-2-4-7-12)14(17)13-8-5-9-15-10-13/h12-13,15H,2-11H2,1H3. The van der Waals surface area contributed by atoms with Gasteiger partial charge in [0.1, 0.15) is 0 Å². The Balaban J connectivity index is 1.77. The maximum atomic E-state index is 12.3. The van der Waals surface area contributed by atoms with Gasteiger partial charge in [0.2, 0.25) is 5.91 Å². The zero-order valence-corrected chi connectivity index (χ0v) is 11.1. The van der Waals surface area contributed by atoms with Gasteiger partial charge in [-0.1, -0.05) is 19.3 Å². The molecule has 3 nitrogen and oxygen atoms in total. The van der Waals surface area contributed by atoms with Gasteiger partial charge in [-0.15, -0.1) is 0 Å². The Bertz CT molecular complexity index is 243. The van der Waals surface area contributed by atoms with Gasteiger partial charge in [0, 0.05) is 20.1 Å². The number of nitrogens with one attached hydrogen (secondary N) is 1. The summed E-state index contributed by atoms with van der Waals surface area (Å²) in [7, 11) is 1.99. The number of rotatable bonds is 3. The summed E-state index contributed by atoms with van der Waals surface area (Å²) in [5.41, 5.74) is 0. The van der Waals surface area contributed by atoms with E-state index in [4.69, 9.17) is 0 Å². The molecule has 0 bridgehead atoms. The van der Waals surface area contributed by atoms with E-state index in [1.165, 1.54) is 32.1 Å². The van der Waals surface area contributed by atoms with Crippen molar-refractivity contribution in [2.75, 3.05) is 26.7 Å². The largest absolute Gasteiger partial charge is 0.345 e. The molecule has 1 amide bonds. The van der Waals surface area contributed by atoms with Crippen molar-refractivity contribution in [2.45, 2.75) is 44.9 Å². The molecule has 0 radical (unpaired) electrons. The Kier molecular flexibility index (Phi) is 4.84. The van der Waals surface area contributed by atoms with Crippen LogP contribution in [0.1, 0.15) is 44.9 Å². The molecule has 2 aliphatic rings. The zero-order chi connectivity index (χ0) is 12.1. The average molecular weight is 238 g/mol. The first-order valence-corrected chi connectivity index (χ1v) is 7.23. The van der Waals surface area contributed by atoms with E-state index in [1.807, 2.05) is 11.9 Å². The second-order valence-electron chi connectivity index (χ2n) is 5.77. The predicted octanol–water partition coefficient (Wildman–Crippen LogP) is 2.02. The first-order chi connectivity index (χ1) is 8.27. The fraction of sp³-hybridized carbons (Fsp3) is 0.929. The van der Waals surface area contributed by atoms with Gasteiger partial charge < -0.3 is 10.2 Å². The van der Waals surface area contributed by atoms with E-state index in [0.717, 1.165) is 38.4 Å². The molecule has 1 unspecified atom stereocenters. The summed E-state index contributed by atoms with van der Waals surface area (Å²) in [6.45, 7) is 2.94. The molecule has 3 heteroatoms. The first kappa shape index (κ1) is 12.9. The Morgan fingerprint density at radius 1 is 1.18 bits per heavy atom. The van der Waals surface area contributed by atoms with Crippen molar-refractivity contribution in [3.8, 4) is 0 Å². The van der Waals surface area contributed by atoms with E-state index in [0.29, 0.717) is 5.91 Å². The monoisotopic (exact) mass is 238 g/mol. The number of nitrogens with zero attached hydrogens (tertiary/aromatic N) is 1. The Labute approximate surface area is 105 Å². The average Bonchev–Trinajstić information content (AvgIpc) is 2.40. The smallest absolute Gasteiger partial charge is 0.226 e. The Hall–Kier alpha value is -0.570. The van der Waals surface area contributed by atoms with E-state index < -0.39 is 0 Å². The summed E-state index contributed by atoms with van der Waals surface area (Å²) in [4.78, 5) is 14.3. The quantitative estimate of drug-likeness (QED) is 0.816. The molecular weight excluding hydrogens is 212 g/mol. The Morgan fingerprint density at radius 3 is 2.59 bits per heavy atom. The number of hydrogen-bond acceptors (Lipinski definition) is 2. The lowest BCUT2D eigenvalue weighted by Gasteiger charge is -2.31. The zero-order valence-electron chi connectivity index (χ0n) is 11.1. The van der Waals surface area contributed by atoms with Gasteiger partial charge in [-0.3, -0.25) is 4.79 Å². The van der Waals surface area contributed by atoms with Crippen LogP contribution in [0.3, 0.4) is 0 Å². The highest BCUT2D eigenvalue weighted by Gasteiger charge is 2.25. The molecule has 0 aromatic carbocycles. The van der Waals surface area contributed by atoms with Crippen LogP contribution in [0.25, 0.3) is 0 Å². The van der Waals surface area contributed by atoms with Crippen molar-refractivity contribution in [1.82, 2.24) is 10.2 Å². The summed E-state index contributed by atoms with van der Waals surface area (Å²) in [5.74, 6) is 1.36. The lowest BCUT2D eigenvalue weighted by Crippen LogP contribution is -2.43. The van der Waals surface area contributed by atoms with E-state index in [9.17, 15) is 4.79 Å². The van der Waals surface area contributed by atoms with Crippen LogP contribution in [0.4, 0.5) is 0 Å². The highest BCUT2D eigenvalue weighted by molar-refractivity contribution is 5.78. The minimum atomic E-state index is 0.234. The number of piperidine rings is 1. The molecule has 98 valence electrons. The lowest BCUT2D eigenvalue weighted by molar-refractivity contribution is -0.135. The molecular formula is C14H26N2O. The lowest BCUT2D eigenvalue weighted by atomic mass is 9.88. The Morgan fingerprint density at radius 2 is 1.94 bits per heavy atom. The van der Waals surface area contributed by atoms with Crippen LogP contribution >= 0.6 is 0 Å². The summed E-state index contributed by atoms with van der Waals surface area (Å²) in [6, 6.07) is 0. The molecule has 1 heterocycles. The van der Waals surface area contributed by atoms with Crippen LogP contribution in [0.2, 0.25) is 0 Å². The number of carbonyl (C=O) groups excluding carboxylic acids is 1. The molecule has 2 rings (SSSR count). The van der Waals surface area contributed by atoms with Gasteiger partial charge in [-0.2, -0.15) is 0 Å². The van der Waals surface area contributed by atoms with Crippen LogP contribution in [-0.2, 0) is 4.79 Å². The van der Waals surface area contributed by atoms with Crippen molar-refractivity contribution < 1.29 is 4.79 Å². The van der Waals surface area contributed by atoms with Gasteiger partial charge in [-0.25, -0.2) is 0 Å². The summed E-state index contributed by atoms with van der Waals surface area (Å²) < 4.78 is 0. The van der Waals surface area contributed by atoms with Crippen LogP contribution in [0.15, 0.2) is 0 Å². The maximum Gasteiger partial charge on any atom is 0.226 e. The normalized spacial score (nSPS) is 26.8. The molecule has 2 fully saturated rings. The summed E-state index contributed by atoms with van der Waals surface area (Å²) >= 11 is 0. The number of amides is 1. The molecule has 1 aliphatic carbocycles. The minimum absolute atomic E-state index is 0.234. The van der Waals surface area contributed by atoms with Crippen LogP contribution in [-0.4, -0.2) is 37.5 Å². The highest BCUT2D eigenvalue weighted by atomic mass is 16.2. The second kappa shape index (κ2) is 6.39. The molecule has 1 saturated heterocycles. The van der Waals surface area contributed by atoms with Crippen molar-refractivity contribution in [2.24, 2.45) is 11.8 Å². The maximum absolute atomic E-state index is 12.3. The molecule has 1 atom stereocenters. The van der Waals surface area contributed by atoms with Gasteiger partial charge in [0.05, 0.1) is 5.92 Å². The van der Waals surface area contributed by atoms with Gasteiger partial charge >= 0.3 is 0 Å². The van der Waals surface area contributed by atoms with Gasteiger partial charge in [0.25, 0.3) is 0 Å². The van der Waals surface area contributed by atoms with Gasteiger partial charge in [-0.05, 0) is 38.1 Å². The van der Waals surface area contributed by atoms with Crippen LogP contribution in [0, 0.1) is 11.8 Å². The molecule has 1 aliphatic heterocycles. The summed E-state index contributed by atoms with van der Waals surface area (Å²) in [5, 5.41) is 3.33. The second-order valence-corrected chi connectivity index (χ2v) is 5.77.